The fourth-order valence-corrected chi connectivity index (χ4v) is 7.43. The molecule has 0 radical (unpaired) electrons. The molecule has 0 aliphatic carbocycles. The Hall–Kier alpha value is -0.597. The van der Waals surface area contributed by atoms with Crippen molar-refractivity contribution in [1.82, 2.24) is 49.5 Å². The van der Waals surface area contributed by atoms with Gasteiger partial charge in [0.25, 0.3) is 6.47 Å². The molecule has 3 N–H and O–H groups in total. The third-order valence-electron chi connectivity index (χ3n) is 6.58. The summed E-state index contributed by atoms with van der Waals surface area (Å²) in [6.07, 6.45) is 6.31. The molecule has 4 heterocycles. The van der Waals surface area contributed by atoms with Crippen LogP contribution in [0.3, 0.4) is 0 Å². The van der Waals surface area contributed by atoms with E-state index in [9.17, 15) is 13.5 Å². The number of alkyl halides is 1. The molecule has 6 aromatic rings. The van der Waals surface area contributed by atoms with E-state index in [-0.39, 0.29) is 121 Å². The van der Waals surface area contributed by atoms with E-state index in [4.69, 9.17) is 52.0 Å². The van der Waals surface area contributed by atoms with Crippen molar-refractivity contribution in [1.29, 1.82) is 0 Å². The van der Waals surface area contributed by atoms with Gasteiger partial charge in [0.2, 0.25) is 10.6 Å². The minimum Gasteiger partial charge on any atom is -1.00 e. The number of hydrogen-bond donors (Lipinski definition) is 2. The smallest absolute Gasteiger partial charge is 1.00 e. The van der Waals surface area contributed by atoms with E-state index < -0.39 is 21.4 Å². The Morgan fingerprint density at radius 1 is 0.847 bits per heavy atom. The predicted octanol–water partition coefficient (Wildman–Crippen LogP) is 0.679. The molecule has 59 heavy (non-hydrogen) atoms. The number of carbonyl (C=O) groups excluding carboxylic acids is 1. The molecule has 0 atom stereocenters. The second kappa shape index (κ2) is 28.2. The van der Waals surface area contributed by atoms with Crippen LogP contribution in [0.4, 0.5) is 21.6 Å². The monoisotopic (exact) mass is 1090 g/mol. The van der Waals surface area contributed by atoms with Crippen molar-refractivity contribution < 1.29 is 134 Å². The minimum absolute atomic E-state index is 0. The molecule has 17 nitrogen and oxygen atoms in total. The zero-order chi connectivity index (χ0) is 43.8. The Balaban J connectivity index is 0. The van der Waals surface area contributed by atoms with Crippen molar-refractivity contribution in [3.8, 4) is 22.8 Å². The summed E-state index contributed by atoms with van der Waals surface area (Å²) in [7, 11) is -2.36. The first-order valence-corrected chi connectivity index (χ1v) is 23.3. The van der Waals surface area contributed by atoms with Crippen molar-refractivity contribution in [3.63, 3.8) is 0 Å². The zero-order valence-corrected chi connectivity index (χ0v) is 46.3. The fraction of sp³-hybridized carbons (Fsp3) is 0.219. The second-order valence-electron chi connectivity index (χ2n) is 11.6. The molecule has 308 valence electrons. The van der Waals surface area contributed by atoms with E-state index in [0.29, 0.717) is 53.5 Å². The number of nitrogens with two attached hydrogens (primary N) is 1. The molecule has 0 aliphatic heterocycles. The van der Waals surface area contributed by atoms with E-state index in [0.717, 1.165) is 11.1 Å². The van der Waals surface area contributed by atoms with Gasteiger partial charge in [-0.2, -0.15) is 15.2 Å². The summed E-state index contributed by atoms with van der Waals surface area (Å²) in [6, 6.07) is 10.9. The van der Waals surface area contributed by atoms with Crippen LogP contribution in [0, 0.1) is 0 Å². The molecule has 0 spiro atoms. The Bertz CT molecular complexity index is 2410. The third-order valence-corrected chi connectivity index (χ3v) is 11.7. The van der Waals surface area contributed by atoms with Gasteiger partial charge in [-0.05, 0) is 118 Å². The Morgan fingerprint density at radius 2 is 1.29 bits per heavy atom. The first-order valence-electron chi connectivity index (χ1n) is 16.1. The summed E-state index contributed by atoms with van der Waals surface area (Å²) >= 11 is 23.3. The Kier molecular flexibility index (Phi) is 27.0. The van der Waals surface area contributed by atoms with Gasteiger partial charge in [-0.3, -0.25) is 18.5 Å². The van der Waals surface area contributed by atoms with E-state index in [1.54, 1.807) is 75.0 Å². The quantitative estimate of drug-likeness (QED) is 0.0327. The average molecular weight is 1100 g/mol. The van der Waals surface area contributed by atoms with Gasteiger partial charge in [-0.25, -0.2) is 24.9 Å². The maximum atomic E-state index is 12.8. The van der Waals surface area contributed by atoms with Gasteiger partial charge >= 0.3 is 103 Å². The number of benzene rings is 2. The summed E-state index contributed by atoms with van der Waals surface area (Å²) in [5, 5.41) is 22.1. The number of halogens is 6. The van der Waals surface area contributed by atoms with Gasteiger partial charge in [-0.15, -0.1) is 0 Å². The number of nitrogens with zero attached hydrogens (tertiary/aromatic N) is 10. The summed E-state index contributed by atoms with van der Waals surface area (Å²) in [5.41, 5.74) is 8.71. The second-order valence-corrected chi connectivity index (χ2v) is 20.7. The normalized spacial score (nSPS) is 10.4. The fourth-order valence-electron chi connectivity index (χ4n) is 4.20. The van der Waals surface area contributed by atoms with E-state index >= 15 is 0 Å². The number of carbonyl (C=O) groups is 1. The van der Waals surface area contributed by atoms with E-state index in [2.05, 4.69) is 82.2 Å². The average Bonchev–Trinajstić information content (AvgIpc) is 3.80. The van der Waals surface area contributed by atoms with Gasteiger partial charge in [0.1, 0.15) is 37.9 Å². The van der Waals surface area contributed by atoms with Crippen LogP contribution < -0.4 is 130 Å². The van der Waals surface area contributed by atoms with Crippen LogP contribution >= 0.6 is 80.9 Å². The van der Waals surface area contributed by atoms with Crippen molar-refractivity contribution >= 4 is 115 Å². The van der Waals surface area contributed by atoms with Crippen LogP contribution in [0.2, 0.25) is 15.7 Å². The van der Waals surface area contributed by atoms with Crippen LogP contribution in [0.5, 0.6) is 0 Å². The molecule has 6 rings (SSSR count). The third kappa shape index (κ3) is 19.8. The van der Waals surface area contributed by atoms with Crippen LogP contribution in [0.15, 0.2) is 70.4 Å². The van der Waals surface area contributed by atoms with Gasteiger partial charge in [0.15, 0.2) is 11.6 Å². The Labute approximate surface area is 459 Å². The van der Waals surface area contributed by atoms with Crippen molar-refractivity contribution in [2.24, 2.45) is 14.1 Å². The molecule has 4 aromatic heterocycles. The predicted molar refractivity (Wildman–Crippen MR) is 229 cm³/mol. The summed E-state index contributed by atoms with van der Waals surface area (Å²) in [4.78, 5) is 35.0. The molecule has 0 bridgehead atoms. The molecule has 0 unspecified atom stereocenters. The maximum Gasteiger partial charge on any atom is 1.00 e. The van der Waals surface area contributed by atoms with E-state index in [1.165, 1.54) is 6.20 Å². The number of aromatic nitrogens is 10. The number of hydrogen-bond acceptors (Lipinski definition) is 15. The number of nitrogen functional groups attached to an aromatic ring is 1. The van der Waals surface area contributed by atoms with Gasteiger partial charge in [0, 0.05) is 53.9 Å². The van der Waals surface area contributed by atoms with Crippen LogP contribution in [0.1, 0.15) is 2.80 Å². The maximum absolute atomic E-state index is 12.8. The van der Waals surface area contributed by atoms with Gasteiger partial charge in [-0.1, -0.05) is 11.6 Å². The number of anilines is 3. The summed E-state index contributed by atoms with van der Waals surface area (Å²) in [6.45, 7) is 6.65. The van der Waals surface area contributed by atoms with Gasteiger partial charge < -0.3 is 31.8 Å². The first kappa shape index (κ1) is 56.4. The molecule has 27 heteroatoms. The van der Waals surface area contributed by atoms with Crippen LogP contribution in [0.25, 0.3) is 22.8 Å². The molecule has 0 aliphatic rings. The van der Waals surface area contributed by atoms with Crippen molar-refractivity contribution in [2.45, 2.75) is 0 Å². The zero-order valence-electron chi connectivity index (χ0n) is 34.8. The van der Waals surface area contributed by atoms with Crippen molar-refractivity contribution in [3.05, 3.63) is 86.1 Å². The van der Waals surface area contributed by atoms with Crippen molar-refractivity contribution in [2.75, 3.05) is 44.9 Å². The summed E-state index contributed by atoms with van der Waals surface area (Å²) in [5.74, 6) is 1.69. The topological polar surface area (TPSA) is 235 Å². The molecule has 2 aromatic carbocycles. The largest absolute Gasteiger partial charge is 1.00 e. The SMILES string of the molecule is Clc1ncc(Br)c(Cl)n1.Cn1cnc(-c2ccc(N)c(P(C)(C)=O)c2)n1.Cn1cnc(-c2ccc(Nc3nc(Cl)ncc3Br)c(P(C)(C)=O)c2)n1.O=CO[O-].[2H]CF.[H-].[K+].[K+]. The number of nitrogens with one attached hydrogen (secondary N) is 1. The van der Waals surface area contributed by atoms with E-state index in [1.807, 2.05) is 30.3 Å². The molecule has 0 fully saturated rings. The number of aryl methyl sites for hydroxylation is 2. The first-order chi connectivity index (χ1) is 27.1. The number of rotatable bonds is 7. The van der Waals surface area contributed by atoms with Gasteiger partial charge in [0.05, 0.1) is 23.2 Å². The van der Waals surface area contributed by atoms with Crippen LogP contribution in [-0.2, 0) is 32.9 Å². The molecular formula is C32H36Br2Cl3FK2N12O5P2. The molecule has 0 saturated carbocycles. The van der Waals surface area contributed by atoms with Crippen LogP contribution in [-0.4, -0.2) is 89.7 Å². The molecular weight excluding hydrogens is 1060 g/mol. The minimum atomic E-state index is -2.58. The molecule has 0 amide bonds. The summed E-state index contributed by atoms with van der Waals surface area (Å²) < 4.78 is 45.0. The Morgan fingerprint density at radius 3 is 1.69 bits per heavy atom. The molecule has 0 saturated heterocycles. The standard InChI is InChI=1S/C15H15BrClN6OP.C11H15N4OP.C4HBrCl2N2.CH3F.CH2O3.2K.H/c1-23-8-19-13(22-23)9-4-5-11(12(6-9)25(2,3)24)20-14-10(16)7-18-15(17)21-14;1-15-7-13-11(14-15)8-4-5-9(12)10(6-8)17(2,3)16;5-2-1-8-4(7)9-3(2)6;1-2;2-1-4-3;;;/h4-8H,1-3H3,(H,18,20,21);4-7H,12H2,1-3H3;1H;1H3;1,3H;;;/q;;;;;2*+1;-1/p-1/i;;;1D;;;;.